The van der Waals surface area contributed by atoms with E-state index in [1.165, 1.54) is 44.3 Å². The van der Waals surface area contributed by atoms with Crippen LogP contribution in [0.25, 0.3) is 0 Å². The zero-order valence-corrected chi connectivity index (χ0v) is 12.3. The van der Waals surface area contributed by atoms with Gasteiger partial charge in [0.2, 0.25) is 0 Å². The molecule has 2 bridgehead atoms. The average Bonchev–Trinajstić information content (AvgIpc) is 3.12. The van der Waals surface area contributed by atoms with Crippen LogP contribution in [0.4, 0.5) is 0 Å². The van der Waals surface area contributed by atoms with Crippen molar-refractivity contribution in [3.8, 4) is 0 Å². The molecule has 2 fully saturated rings. The summed E-state index contributed by atoms with van der Waals surface area (Å²) in [6.45, 7) is 3.32. The number of nitrogens with one attached hydrogen (secondary N) is 1. The van der Waals surface area contributed by atoms with Crippen molar-refractivity contribution in [3.05, 3.63) is 18.2 Å². The van der Waals surface area contributed by atoms with Gasteiger partial charge in [0.05, 0.1) is 6.04 Å². The summed E-state index contributed by atoms with van der Waals surface area (Å²) in [6.07, 6.45) is 12.5. The van der Waals surface area contributed by atoms with E-state index in [0.29, 0.717) is 6.04 Å². The number of aryl methyl sites for hydroxylation is 1. The Balaban J connectivity index is 1.68. The maximum atomic E-state index is 4.61. The lowest BCUT2D eigenvalue weighted by atomic mass is 9.84. The molecule has 0 aromatic carbocycles. The van der Waals surface area contributed by atoms with Crippen molar-refractivity contribution < 1.29 is 0 Å². The Kier molecular flexibility index (Phi) is 3.92. The van der Waals surface area contributed by atoms with E-state index < -0.39 is 0 Å². The number of nitrogens with zero attached hydrogens (tertiary/aromatic N) is 2. The van der Waals surface area contributed by atoms with E-state index in [1.807, 2.05) is 6.20 Å². The normalized spacial score (nSPS) is 30.9. The molecular formula is C16H27N3. The molecule has 2 aliphatic carbocycles. The summed E-state index contributed by atoms with van der Waals surface area (Å²) in [4.78, 5) is 4.61. The van der Waals surface area contributed by atoms with Crippen LogP contribution in [0.1, 0.15) is 57.3 Å². The molecule has 1 heterocycles. The summed E-state index contributed by atoms with van der Waals surface area (Å²) < 4.78 is 2.33. The van der Waals surface area contributed by atoms with E-state index in [-0.39, 0.29) is 0 Å². The van der Waals surface area contributed by atoms with Crippen LogP contribution in [-0.4, -0.2) is 16.6 Å². The number of imidazole rings is 1. The second-order valence-electron chi connectivity index (χ2n) is 6.49. The van der Waals surface area contributed by atoms with Gasteiger partial charge in [-0.05, 0) is 56.9 Å². The van der Waals surface area contributed by atoms with E-state index in [4.69, 9.17) is 0 Å². The molecule has 0 aliphatic heterocycles. The van der Waals surface area contributed by atoms with Crippen LogP contribution in [0.2, 0.25) is 0 Å². The maximum Gasteiger partial charge on any atom is 0.125 e. The van der Waals surface area contributed by atoms with Gasteiger partial charge in [-0.1, -0.05) is 13.3 Å². The molecule has 2 aliphatic rings. The van der Waals surface area contributed by atoms with Crippen molar-refractivity contribution in [2.24, 2.45) is 17.8 Å². The molecule has 3 nitrogen and oxygen atoms in total. The summed E-state index contributed by atoms with van der Waals surface area (Å²) in [5.41, 5.74) is 0. The van der Waals surface area contributed by atoms with E-state index >= 15 is 0 Å². The highest BCUT2D eigenvalue weighted by molar-refractivity contribution is 5.02. The number of hydrogen-bond donors (Lipinski definition) is 1. The van der Waals surface area contributed by atoms with E-state index in [1.54, 1.807) is 0 Å². The van der Waals surface area contributed by atoms with Gasteiger partial charge in [0.25, 0.3) is 0 Å². The standard InChI is InChI=1S/C16H27N3/c1-3-7-19-8-6-18-16(19)15(17-2)11-14-10-12-4-5-13(14)9-12/h6,8,12-15,17H,3-5,7,9-11H2,1-2H3. The molecule has 1 N–H and O–H groups in total. The Labute approximate surface area is 116 Å². The average molecular weight is 261 g/mol. The van der Waals surface area contributed by atoms with Crippen LogP contribution in [0.3, 0.4) is 0 Å². The predicted octanol–water partition coefficient (Wildman–Crippen LogP) is 3.38. The van der Waals surface area contributed by atoms with Gasteiger partial charge < -0.3 is 9.88 Å². The molecule has 2 saturated carbocycles. The summed E-state index contributed by atoms with van der Waals surface area (Å²) in [6, 6.07) is 0.436. The topological polar surface area (TPSA) is 29.9 Å². The second-order valence-corrected chi connectivity index (χ2v) is 6.49. The summed E-state index contributed by atoms with van der Waals surface area (Å²) in [5, 5.41) is 3.51. The molecular weight excluding hydrogens is 234 g/mol. The van der Waals surface area contributed by atoms with Gasteiger partial charge >= 0.3 is 0 Å². The van der Waals surface area contributed by atoms with Gasteiger partial charge in [-0.3, -0.25) is 0 Å². The van der Waals surface area contributed by atoms with Crippen molar-refractivity contribution in [2.75, 3.05) is 7.05 Å². The second kappa shape index (κ2) is 5.66. The van der Waals surface area contributed by atoms with Crippen LogP contribution >= 0.6 is 0 Å². The van der Waals surface area contributed by atoms with Crippen molar-refractivity contribution in [1.29, 1.82) is 0 Å². The van der Waals surface area contributed by atoms with E-state index in [9.17, 15) is 0 Å². The molecule has 4 unspecified atom stereocenters. The highest BCUT2D eigenvalue weighted by Crippen LogP contribution is 2.50. The van der Waals surface area contributed by atoms with Gasteiger partial charge in [-0.2, -0.15) is 0 Å². The molecule has 4 atom stereocenters. The molecule has 1 aromatic rings. The van der Waals surface area contributed by atoms with Gasteiger partial charge in [0, 0.05) is 18.9 Å². The minimum atomic E-state index is 0.436. The Hall–Kier alpha value is -0.830. The molecule has 0 saturated heterocycles. The first-order valence-electron chi connectivity index (χ1n) is 8.00. The first-order chi connectivity index (χ1) is 9.31. The van der Waals surface area contributed by atoms with Crippen molar-refractivity contribution >= 4 is 0 Å². The molecule has 1 aromatic heterocycles. The molecule has 0 spiro atoms. The Morgan fingerprint density at radius 3 is 2.95 bits per heavy atom. The third-order valence-corrected chi connectivity index (χ3v) is 5.30. The fourth-order valence-corrected chi connectivity index (χ4v) is 4.38. The Morgan fingerprint density at radius 1 is 1.42 bits per heavy atom. The van der Waals surface area contributed by atoms with Crippen LogP contribution in [0, 0.1) is 17.8 Å². The lowest BCUT2D eigenvalue weighted by molar-refractivity contribution is 0.277. The minimum absolute atomic E-state index is 0.436. The molecule has 19 heavy (non-hydrogen) atoms. The predicted molar refractivity (Wildman–Crippen MR) is 77.9 cm³/mol. The first kappa shape index (κ1) is 13.2. The zero-order valence-electron chi connectivity index (χ0n) is 12.3. The number of fused-ring (bicyclic) bond motifs is 2. The third kappa shape index (κ3) is 2.58. The van der Waals surface area contributed by atoms with Gasteiger partial charge in [0.15, 0.2) is 0 Å². The van der Waals surface area contributed by atoms with Crippen LogP contribution in [0.15, 0.2) is 12.4 Å². The Morgan fingerprint density at radius 2 is 2.32 bits per heavy atom. The highest BCUT2D eigenvalue weighted by Gasteiger charge is 2.40. The fourth-order valence-electron chi connectivity index (χ4n) is 4.38. The van der Waals surface area contributed by atoms with Crippen LogP contribution in [0.5, 0.6) is 0 Å². The smallest absolute Gasteiger partial charge is 0.125 e. The lowest BCUT2D eigenvalue weighted by Crippen LogP contribution is -2.25. The van der Waals surface area contributed by atoms with E-state index in [2.05, 4.69) is 35.0 Å². The summed E-state index contributed by atoms with van der Waals surface area (Å²) >= 11 is 0. The van der Waals surface area contributed by atoms with Crippen molar-refractivity contribution in [3.63, 3.8) is 0 Å². The fraction of sp³-hybridized carbons (Fsp3) is 0.812. The quantitative estimate of drug-likeness (QED) is 0.850. The number of hydrogen-bond acceptors (Lipinski definition) is 2. The third-order valence-electron chi connectivity index (χ3n) is 5.30. The maximum absolute atomic E-state index is 4.61. The van der Waals surface area contributed by atoms with Crippen LogP contribution in [-0.2, 0) is 6.54 Å². The molecule has 106 valence electrons. The number of aromatic nitrogens is 2. The SMILES string of the molecule is CCCn1ccnc1C(CC1CC2CCC1C2)NC. The summed E-state index contributed by atoms with van der Waals surface area (Å²) in [7, 11) is 2.09. The van der Waals surface area contributed by atoms with Crippen molar-refractivity contribution in [1.82, 2.24) is 14.9 Å². The first-order valence-corrected chi connectivity index (χ1v) is 8.00. The highest BCUT2D eigenvalue weighted by atomic mass is 15.1. The Bertz CT molecular complexity index is 412. The largest absolute Gasteiger partial charge is 0.334 e. The molecule has 0 amide bonds. The number of rotatable bonds is 6. The monoisotopic (exact) mass is 261 g/mol. The lowest BCUT2D eigenvalue weighted by Gasteiger charge is -2.26. The van der Waals surface area contributed by atoms with Gasteiger partial charge in [0.1, 0.15) is 5.82 Å². The molecule has 3 heteroatoms. The van der Waals surface area contributed by atoms with Gasteiger partial charge in [-0.15, -0.1) is 0 Å². The summed E-state index contributed by atoms with van der Waals surface area (Å²) in [5.74, 6) is 4.23. The molecule has 3 rings (SSSR count). The minimum Gasteiger partial charge on any atom is -0.334 e. The molecule has 0 radical (unpaired) electrons. The zero-order chi connectivity index (χ0) is 13.2. The van der Waals surface area contributed by atoms with Gasteiger partial charge in [-0.25, -0.2) is 4.98 Å². The van der Waals surface area contributed by atoms with Crippen molar-refractivity contribution in [2.45, 2.75) is 58.0 Å². The van der Waals surface area contributed by atoms with E-state index in [0.717, 1.165) is 24.3 Å². The van der Waals surface area contributed by atoms with Crippen LogP contribution < -0.4 is 5.32 Å².